The summed E-state index contributed by atoms with van der Waals surface area (Å²) in [6.45, 7) is 2.46. The molecule has 0 saturated heterocycles. The topological polar surface area (TPSA) is 29.1 Å². The maximum atomic E-state index is 11.1. The van der Waals surface area contributed by atoms with Crippen LogP contribution in [0.25, 0.3) is 0 Å². The Bertz CT molecular complexity index is 180. The molecular weight excluding hydrogens is 194 g/mol. The molecule has 0 spiro atoms. The number of amides is 1. The van der Waals surface area contributed by atoms with E-state index in [9.17, 15) is 4.79 Å². The Morgan fingerprint density at radius 2 is 2.33 bits per heavy atom. The van der Waals surface area contributed by atoms with Gasteiger partial charge in [0.05, 0.1) is 0 Å². The molecule has 0 aromatic heterocycles. The minimum Gasteiger partial charge on any atom is -0.353 e. The van der Waals surface area contributed by atoms with Crippen LogP contribution in [0.2, 0.25) is 0 Å². The minimum atomic E-state index is -0.414. The lowest BCUT2D eigenvalue weighted by Gasteiger charge is -2.13. The van der Waals surface area contributed by atoms with Gasteiger partial charge in [0.25, 0.3) is 0 Å². The van der Waals surface area contributed by atoms with Crippen molar-refractivity contribution in [2.24, 2.45) is 0 Å². The van der Waals surface area contributed by atoms with Gasteiger partial charge in [-0.2, -0.15) is 11.8 Å². The summed E-state index contributed by atoms with van der Waals surface area (Å²) >= 11 is 7.44. The van der Waals surface area contributed by atoms with Crippen LogP contribution in [0.4, 0.5) is 0 Å². The van der Waals surface area contributed by atoms with Gasteiger partial charge in [-0.15, -0.1) is 11.6 Å². The van der Waals surface area contributed by atoms with Gasteiger partial charge in [0, 0.05) is 11.3 Å². The Kier molecular flexibility index (Phi) is 3.29. The van der Waals surface area contributed by atoms with Crippen LogP contribution in [0.1, 0.15) is 19.8 Å². The maximum Gasteiger partial charge on any atom is 0.237 e. The smallest absolute Gasteiger partial charge is 0.237 e. The first kappa shape index (κ1) is 10.2. The molecule has 1 aliphatic carbocycles. The maximum absolute atomic E-state index is 11.1. The van der Waals surface area contributed by atoms with Gasteiger partial charge in [0.15, 0.2) is 0 Å². The van der Waals surface area contributed by atoms with E-state index in [2.05, 4.69) is 11.6 Å². The van der Waals surface area contributed by atoms with Crippen molar-refractivity contribution < 1.29 is 4.79 Å². The van der Waals surface area contributed by atoms with Crippen LogP contribution >= 0.6 is 23.4 Å². The van der Waals surface area contributed by atoms with Crippen molar-refractivity contribution >= 4 is 29.3 Å². The second-order valence-corrected chi connectivity index (χ2v) is 5.15. The van der Waals surface area contributed by atoms with Crippen molar-refractivity contribution in [1.82, 2.24) is 5.32 Å². The Morgan fingerprint density at radius 3 is 2.67 bits per heavy atom. The van der Waals surface area contributed by atoms with Crippen LogP contribution in [0, 0.1) is 0 Å². The van der Waals surface area contributed by atoms with Crippen LogP contribution < -0.4 is 5.32 Å². The summed E-state index contributed by atoms with van der Waals surface area (Å²) in [5.41, 5.74) is 0. The molecule has 1 N–H and O–H groups in total. The quantitative estimate of drug-likeness (QED) is 0.710. The first-order valence-electron chi connectivity index (χ1n) is 4.06. The van der Waals surface area contributed by atoms with Gasteiger partial charge in [-0.25, -0.2) is 0 Å². The highest BCUT2D eigenvalue weighted by atomic mass is 35.5. The number of halogens is 1. The fraction of sp³-hybridized carbons (Fsp3) is 0.875. The summed E-state index contributed by atoms with van der Waals surface area (Å²) in [6, 6.07) is 0. The van der Waals surface area contributed by atoms with Crippen molar-refractivity contribution in [3.63, 3.8) is 0 Å². The molecule has 1 rings (SSSR count). The summed E-state index contributed by atoms with van der Waals surface area (Å²) in [6.07, 6.45) is 4.51. The van der Waals surface area contributed by atoms with Crippen molar-refractivity contribution in [1.29, 1.82) is 0 Å². The summed E-state index contributed by atoms with van der Waals surface area (Å²) < 4.78 is 0.335. The molecule has 0 aromatic rings. The van der Waals surface area contributed by atoms with E-state index in [-0.39, 0.29) is 5.91 Å². The Hall–Kier alpha value is 0.110. The largest absolute Gasteiger partial charge is 0.353 e. The first-order chi connectivity index (χ1) is 5.59. The third-order valence-corrected chi connectivity index (χ3v) is 3.80. The Labute approximate surface area is 82.4 Å². The van der Waals surface area contributed by atoms with Gasteiger partial charge in [0.1, 0.15) is 5.38 Å². The number of nitrogens with one attached hydrogen (secondary N) is 1. The van der Waals surface area contributed by atoms with E-state index in [4.69, 9.17) is 11.6 Å². The van der Waals surface area contributed by atoms with Gasteiger partial charge >= 0.3 is 0 Å². The monoisotopic (exact) mass is 207 g/mol. The molecule has 0 heterocycles. The molecule has 1 aliphatic rings. The molecule has 4 heteroatoms. The zero-order valence-electron chi connectivity index (χ0n) is 7.39. The first-order valence-corrected chi connectivity index (χ1v) is 5.73. The molecule has 0 bridgehead atoms. The van der Waals surface area contributed by atoms with Crippen molar-refractivity contribution in [2.75, 3.05) is 12.8 Å². The standard InChI is InChI=1S/C8H14ClNOS/c1-6(9)7(11)10-5-8(12-2)3-4-8/h6H,3-5H2,1-2H3,(H,10,11). The van der Waals surface area contributed by atoms with E-state index >= 15 is 0 Å². The molecular formula is C8H14ClNOS. The highest BCUT2D eigenvalue weighted by molar-refractivity contribution is 8.00. The molecule has 70 valence electrons. The van der Waals surface area contributed by atoms with Gasteiger partial charge in [-0.1, -0.05) is 0 Å². The van der Waals surface area contributed by atoms with Gasteiger partial charge in [0.2, 0.25) is 5.91 Å². The van der Waals surface area contributed by atoms with E-state index in [1.165, 1.54) is 12.8 Å². The van der Waals surface area contributed by atoms with Gasteiger partial charge in [-0.05, 0) is 26.0 Å². The zero-order chi connectivity index (χ0) is 9.19. The summed E-state index contributed by atoms with van der Waals surface area (Å²) in [5.74, 6) is -0.0583. The molecule has 1 amide bonds. The zero-order valence-corrected chi connectivity index (χ0v) is 8.97. The third kappa shape index (κ3) is 2.56. The number of rotatable bonds is 4. The number of hydrogen-bond donors (Lipinski definition) is 1. The van der Waals surface area contributed by atoms with Crippen molar-refractivity contribution in [3.05, 3.63) is 0 Å². The SMILES string of the molecule is CSC1(CNC(=O)C(C)Cl)CC1. The summed E-state index contributed by atoms with van der Waals surface area (Å²) in [5, 5.41) is 2.43. The van der Waals surface area contributed by atoms with Crippen LogP contribution in [0.5, 0.6) is 0 Å². The Morgan fingerprint density at radius 1 is 1.75 bits per heavy atom. The minimum absolute atomic E-state index is 0.0583. The molecule has 1 atom stereocenters. The van der Waals surface area contributed by atoms with Crippen LogP contribution in [-0.4, -0.2) is 28.8 Å². The molecule has 1 saturated carbocycles. The highest BCUT2D eigenvalue weighted by Gasteiger charge is 2.41. The van der Waals surface area contributed by atoms with Crippen LogP contribution in [-0.2, 0) is 4.79 Å². The molecule has 0 radical (unpaired) electrons. The Balaban J connectivity index is 2.21. The predicted molar refractivity (Wildman–Crippen MR) is 53.8 cm³/mol. The lowest BCUT2D eigenvalue weighted by Crippen LogP contribution is -2.35. The lowest BCUT2D eigenvalue weighted by atomic mass is 10.3. The molecule has 0 aliphatic heterocycles. The molecule has 1 unspecified atom stereocenters. The van der Waals surface area contributed by atoms with E-state index < -0.39 is 5.38 Å². The second kappa shape index (κ2) is 3.88. The van der Waals surface area contributed by atoms with E-state index in [1.807, 2.05) is 11.8 Å². The summed E-state index contributed by atoms with van der Waals surface area (Å²) in [4.78, 5) is 11.1. The van der Waals surface area contributed by atoms with Crippen molar-refractivity contribution in [2.45, 2.75) is 29.9 Å². The number of carbonyl (C=O) groups is 1. The number of hydrogen-bond acceptors (Lipinski definition) is 2. The van der Waals surface area contributed by atoms with Gasteiger partial charge in [-0.3, -0.25) is 4.79 Å². The molecule has 12 heavy (non-hydrogen) atoms. The van der Waals surface area contributed by atoms with E-state index in [1.54, 1.807) is 6.92 Å². The van der Waals surface area contributed by atoms with E-state index in [0.717, 1.165) is 6.54 Å². The second-order valence-electron chi connectivity index (χ2n) is 3.22. The highest BCUT2D eigenvalue weighted by Crippen LogP contribution is 2.46. The fourth-order valence-corrected chi connectivity index (χ4v) is 1.79. The van der Waals surface area contributed by atoms with E-state index in [0.29, 0.717) is 4.75 Å². The molecule has 1 fully saturated rings. The van der Waals surface area contributed by atoms with Crippen LogP contribution in [0.3, 0.4) is 0 Å². The normalized spacial score (nSPS) is 21.6. The fourth-order valence-electron chi connectivity index (χ4n) is 0.981. The average Bonchev–Trinajstić information content (AvgIpc) is 2.81. The molecule has 2 nitrogen and oxygen atoms in total. The lowest BCUT2D eigenvalue weighted by molar-refractivity contribution is -0.120. The van der Waals surface area contributed by atoms with Crippen molar-refractivity contribution in [3.8, 4) is 0 Å². The molecule has 0 aromatic carbocycles. The van der Waals surface area contributed by atoms with Gasteiger partial charge < -0.3 is 5.32 Å². The number of carbonyl (C=O) groups excluding carboxylic acids is 1. The number of alkyl halides is 1. The predicted octanol–water partition coefficient (Wildman–Crippen LogP) is 1.63. The third-order valence-electron chi connectivity index (χ3n) is 2.19. The van der Waals surface area contributed by atoms with Crippen LogP contribution in [0.15, 0.2) is 0 Å². The average molecular weight is 208 g/mol. The number of thioether (sulfide) groups is 1. The summed E-state index contributed by atoms with van der Waals surface area (Å²) in [7, 11) is 0.